The molecule has 4 rings (SSSR count). The predicted molar refractivity (Wildman–Crippen MR) is 117 cm³/mol. The van der Waals surface area contributed by atoms with Gasteiger partial charge in [-0.1, -0.05) is 52.0 Å². The number of rotatable bonds is 4. The molecule has 0 radical (unpaired) electrons. The summed E-state index contributed by atoms with van der Waals surface area (Å²) in [7, 11) is 0. The van der Waals surface area contributed by atoms with Crippen LogP contribution in [0.25, 0.3) is 0 Å². The normalized spacial score (nSPS) is 17.9. The number of carboxylic acid groups (broad SMARTS) is 1. The van der Waals surface area contributed by atoms with E-state index >= 15 is 0 Å². The molecule has 30 heavy (non-hydrogen) atoms. The number of carbonyl (C=O) groups is 1. The molecule has 1 atom stereocenters. The fourth-order valence-corrected chi connectivity index (χ4v) is 4.67. The van der Waals surface area contributed by atoms with E-state index in [1.807, 2.05) is 16.8 Å². The van der Waals surface area contributed by atoms with Crippen molar-refractivity contribution in [2.45, 2.75) is 64.3 Å². The Morgan fingerprint density at radius 3 is 2.17 bits per heavy atom. The lowest BCUT2D eigenvalue weighted by atomic mass is 9.62. The molecule has 1 aliphatic carbocycles. The third-order valence-electron chi connectivity index (χ3n) is 6.71. The minimum Gasteiger partial charge on any atom is -0.478 e. The van der Waals surface area contributed by atoms with Crippen LogP contribution >= 0.6 is 0 Å². The molecule has 156 valence electrons. The van der Waals surface area contributed by atoms with Crippen molar-refractivity contribution in [1.82, 2.24) is 14.8 Å². The van der Waals surface area contributed by atoms with E-state index in [2.05, 4.69) is 56.8 Å². The summed E-state index contributed by atoms with van der Waals surface area (Å²) >= 11 is 0. The number of hydrogen-bond donors (Lipinski definition) is 1. The average molecular weight is 404 g/mol. The molecule has 1 aliphatic rings. The zero-order valence-corrected chi connectivity index (χ0v) is 18.3. The van der Waals surface area contributed by atoms with Crippen LogP contribution in [0.2, 0.25) is 0 Å². The molecule has 1 aromatic heterocycles. The molecule has 5 nitrogen and oxygen atoms in total. The van der Waals surface area contributed by atoms with Crippen molar-refractivity contribution in [3.05, 3.63) is 82.4 Å². The number of aromatic carboxylic acids is 1. The maximum Gasteiger partial charge on any atom is 0.335 e. The monoisotopic (exact) mass is 403 g/mol. The summed E-state index contributed by atoms with van der Waals surface area (Å²) in [5.41, 5.74) is 6.73. The van der Waals surface area contributed by atoms with Crippen molar-refractivity contribution >= 4 is 5.97 Å². The summed E-state index contributed by atoms with van der Waals surface area (Å²) < 4.78 is 1.85. The van der Waals surface area contributed by atoms with Crippen LogP contribution in [-0.4, -0.2) is 25.8 Å². The molecule has 0 saturated heterocycles. The Kier molecular flexibility index (Phi) is 4.80. The molecule has 0 amide bonds. The smallest absolute Gasteiger partial charge is 0.335 e. The van der Waals surface area contributed by atoms with Gasteiger partial charge < -0.3 is 5.11 Å². The average Bonchev–Trinajstić information content (AvgIpc) is 3.21. The lowest BCUT2D eigenvalue weighted by Gasteiger charge is -2.42. The van der Waals surface area contributed by atoms with E-state index in [0.29, 0.717) is 0 Å². The highest BCUT2D eigenvalue weighted by Crippen LogP contribution is 2.47. The van der Waals surface area contributed by atoms with Gasteiger partial charge in [0.2, 0.25) is 0 Å². The summed E-state index contributed by atoms with van der Waals surface area (Å²) in [4.78, 5) is 15.5. The third-order valence-corrected chi connectivity index (χ3v) is 6.71. The number of nitrogens with zero attached hydrogens (tertiary/aromatic N) is 3. The van der Waals surface area contributed by atoms with Crippen LogP contribution in [-0.2, 0) is 10.8 Å². The number of aryl methyl sites for hydroxylation is 1. The van der Waals surface area contributed by atoms with Crippen LogP contribution in [0.15, 0.2) is 49.1 Å². The van der Waals surface area contributed by atoms with Gasteiger partial charge in [-0.05, 0) is 70.5 Å². The second kappa shape index (κ2) is 7.08. The minimum atomic E-state index is -0.923. The highest BCUT2D eigenvalue weighted by molar-refractivity contribution is 5.87. The second-order valence-corrected chi connectivity index (χ2v) is 9.73. The molecule has 1 N–H and O–H groups in total. The Balaban J connectivity index is 1.91. The van der Waals surface area contributed by atoms with Crippen LogP contribution in [0.1, 0.15) is 84.8 Å². The van der Waals surface area contributed by atoms with Crippen molar-refractivity contribution in [2.75, 3.05) is 0 Å². The largest absolute Gasteiger partial charge is 0.478 e. The van der Waals surface area contributed by atoms with E-state index in [1.165, 1.54) is 28.7 Å². The quantitative estimate of drug-likeness (QED) is 0.644. The van der Waals surface area contributed by atoms with Gasteiger partial charge in [-0.3, -0.25) is 0 Å². The lowest BCUT2D eigenvalue weighted by Crippen LogP contribution is -2.34. The van der Waals surface area contributed by atoms with Crippen LogP contribution < -0.4 is 0 Å². The van der Waals surface area contributed by atoms with Crippen LogP contribution in [0, 0.1) is 6.92 Å². The van der Waals surface area contributed by atoms with Crippen LogP contribution in [0.5, 0.6) is 0 Å². The topological polar surface area (TPSA) is 68.0 Å². The SMILES string of the molecule is Cc1cc2c(cc1C(c1ccc(C(=O)O)cc1)n1cncn1)C(C)(C)CCC2(C)C. The standard InChI is InChI=1S/C25H29N3O2/c1-16-12-20-21(25(4,5)11-10-24(20,2)3)13-19(16)22(28-15-26-14-27-28)17-6-8-18(9-7-17)23(29)30/h6-9,12-15,22H,10-11H2,1-5H3,(H,29,30). The fraction of sp³-hybridized carbons (Fsp3) is 0.400. The molecule has 0 bridgehead atoms. The number of benzene rings is 2. The van der Waals surface area contributed by atoms with E-state index in [-0.39, 0.29) is 22.4 Å². The van der Waals surface area contributed by atoms with Crippen LogP contribution in [0.3, 0.4) is 0 Å². The third kappa shape index (κ3) is 3.42. The van der Waals surface area contributed by atoms with E-state index in [9.17, 15) is 9.90 Å². The summed E-state index contributed by atoms with van der Waals surface area (Å²) in [6, 6.07) is 11.6. The molecule has 2 aromatic carbocycles. The number of hydrogen-bond acceptors (Lipinski definition) is 3. The van der Waals surface area contributed by atoms with E-state index in [1.54, 1.807) is 24.8 Å². The van der Waals surface area contributed by atoms with Gasteiger partial charge in [-0.25, -0.2) is 14.5 Å². The summed E-state index contributed by atoms with van der Waals surface area (Å²) in [5.74, 6) is -0.923. The van der Waals surface area contributed by atoms with Gasteiger partial charge in [0.1, 0.15) is 18.7 Å². The molecule has 3 aromatic rings. The van der Waals surface area contributed by atoms with Crippen LogP contribution in [0.4, 0.5) is 0 Å². The highest BCUT2D eigenvalue weighted by Gasteiger charge is 2.38. The van der Waals surface area contributed by atoms with E-state index < -0.39 is 5.97 Å². The van der Waals surface area contributed by atoms with Gasteiger partial charge in [0.15, 0.2) is 0 Å². The summed E-state index contributed by atoms with van der Waals surface area (Å²) in [6.07, 6.45) is 5.59. The van der Waals surface area contributed by atoms with E-state index in [4.69, 9.17) is 0 Å². The van der Waals surface area contributed by atoms with Gasteiger partial charge in [-0.2, -0.15) is 5.10 Å². The molecule has 0 saturated carbocycles. The Bertz CT molecular complexity index is 1080. The first kappa shape index (κ1) is 20.3. The van der Waals surface area contributed by atoms with Gasteiger partial charge in [0.05, 0.1) is 5.56 Å². The molecule has 0 spiro atoms. The van der Waals surface area contributed by atoms with Gasteiger partial charge in [0, 0.05) is 0 Å². The first-order valence-corrected chi connectivity index (χ1v) is 10.4. The molecule has 5 heteroatoms. The number of fused-ring (bicyclic) bond motifs is 1. The zero-order chi connectivity index (χ0) is 21.7. The Morgan fingerprint density at radius 1 is 1.03 bits per heavy atom. The second-order valence-electron chi connectivity index (χ2n) is 9.73. The highest BCUT2D eigenvalue weighted by atomic mass is 16.4. The minimum absolute atomic E-state index is 0.105. The molecular formula is C25H29N3O2. The maximum atomic E-state index is 11.3. The van der Waals surface area contributed by atoms with Crippen molar-refractivity contribution < 1.29 is 9.90 Å². The van der Waals surface area contributed by atoms with Crippen molar-refractivity contribution in [3.8, 4) is 0 Å². The number of aromatic nitrogens is 3. The Morgan fingerprint density at radius 2 is 1.63 bits per heavy atom. The molecule has 1 unspecified atom stereocenters. The predicted octanol–water partition coefficient (Wildman–Crippen LogP) is 5.27. The molecular weight excluding hydrogens is 374 g/mol. The van der Waals surface area contributed by atoms with E-state index in [0.717, 1.165) is 12.0 Å². The molecule has 0 aliphatic heterocycles. The Labute approximate surface area is 177 Å². The fourth-order valence-electron chi connectivity index (χ4n) is 4.67. The van der Waals surface area contributed by atoms with Gasteiger partial charge >= 0.3 is 5.97 Å². The van der Waals surface area contributed by atoms with Crippen molar-refractivity contribution in [1.29, 1.82) is 0 Å². The van der Waals surface area contributed by atoms with Crippen molar-refractivity contribution in [3.63, 3.8) is 0 Å². The van der Waals surface area contributed by atoms with Crippen molar-refractivity contribution in [2.24, 2.45) is 0 Å². The Hall–Kier alpha value is -2.95. The summed E-state index contributed by atoms with van der Waals surface area (Å²) in [5, 5.41) is 13.7. The summed E-state index contributed by atoms with van der Waals surface area (Å²) in [6.45, 7) is 11.5. The zero-order valence-electron chi connectivity index (χ0n) is 18.3. The first-order chi connectivity index (χ1) is 14.1. The maximum absolute atomic E-state index is 11.3. The number of carboxylic acids is 1. The van der Waals surface area contributed by atoms with Gasteiger partial charge in [-0.15, -0.1) is 0 Å². The first-order valence-electron chi connectivity index (χ1n) is 10.4. The lowest BCUT2D eigenvalue weighted by molar-refractivity contribution is 0.0697. The van der Waals surface area contributed by atoms with Gasteiger partial charge in [0.25, 0.3) is 0 Å². The molecule has 1 heterocycles. The molecule has 0 fully saturated rings.